The van der Waals surface area contributed by atoms with Gasteiger partial charge in [0.15, 0.2) is 0 Å². The fourth-order valence-corrected chi connectivity index (χ4v) is 1.39. The highest BCUT2D eigenvalue weighted by Crippen LogP contribution is 2.18. The van der Waals surface area contributed by atoms with Gasteiger partial charge in [-0.15, -0.1) is 10.2 Å². The van der Waals surface area contributed by atoms with E-state index in [0.717, 1.165) is 24.8 Å². The van der Waals surface area contributed by atoms with Crippen LogP contribution in [0.25, 0.3) is 11.5 Å². The number of nitrogens with zero attached hydrogens (tertiary/aromatic N) is 2. The lowest BCUT2D eigenvalue weighted by Crippen LogP contribution is -1.83. The third kappa shape index (κ3) is 2.45. The summed E-state index contributed by atoms with van der Waals surface area (Å²) in [6, 6.07) is 6.02. The molecule has 1 aromatic carbocycles. The maximum atomic E-state index is 12.7. The quantitative estimate of drug-likeness (QED) is 0.794. The number of hydrogen-bond acceptors (Lipinski definition) is 3. The van der Waals surface area contributed by atoms with E-state index in [1.165, 1.54) is 12.1 Å². The molecule has 0 fully saturated rings. The zero-order valence-corrected chi connectivity index (χ0v) is 9.11. The molecule has 0 radical (unpaired) electrons. The second kappa shape index (κ2) is 4.88. The molecule has 0 unspecified atom stereocenters. The second-order valence-electron chi connectivity index (χ2n) is 3.61. The van der Waals surface area contributed by atoms with Crippen molar-refractivity contribution in [2.75, 3.05) is 0 Å². The SMILES string of the molecule is CCCCc1nnc(-c2ccc(F)cc2)o1. The van der Waals surface area contributed by atoms with Crippen LogP contribution in [-0.4, -0.2) is 10.2 Å². The van der Waals surface area contributed by atoms with Crippen LogP contribution in [0, 0.1) is 5.82 Å². The number of rotatable bonds is 4. The van der Waals surface area contributed by atoms with Crippen LogP contribution in [0.2, 0.25) is 0 Å². The van der Waals surface area contributed by atoms with Crippen molar-refractivity contribution < 1.29 is 8.81 Å². The molecule has 0 saturated carbocycles. The maximum Gasteiger partial charge on any atom is 0.247 e. The van der Waals surface area contributed by atoms with Crippen molar-refractivity contribution in [1.29, 1.82) is 0 Å². The lowest BCUT2D eigenvalue weighted by molar-refractivity contribution is 0.496. The summed E-state index contributed by atoms with van der Waals surface area (Å²) in [5, 5.41) is 7.87. The van der Waals surface area contributed by atoms with Gasteiger partial charge in [0.2, 0.25) is 11.8 Å². The van der Waals surface area contributed by atoms with Crippen LogP contribution >= 0.6 is 0 Å². The van der Waals surface area contributed by atoms with Crippen molar-refractivity contribution in [3.8, 4) is 11.5 Å². The van der Waals surface area contributed by atoms with Crippen molar-refractivity contribution >= 4 is 0 Å². The number of aromatic nitrogens is 2. The fourth-order valence-electron chi connectivity index (χ4n) is 1.39. The van der Waals surface area contributed by atoms with E-state index < -0.39 is 0 Å². The summed E-state index contributed by atoms with van der Waals surface area (Å²) >= 11 is 0. The molecule has 2 aromatic rings. The molecule has 1 heterocycles. The summed E-state index contributed by atoms with van der Waals surface area (Å²) < 4.78 is 18.2. The van der Waals surface area contributed by atoms with Gasteiger partial charge in [0.25, 0.3) is 0 Å². The van der Waals surface area contributed by atoms with E-state index in [9.17, 15) is 4.39 Å². The molecule has 0 aliphatic carbocycles. The first kappa shape index (κ1) is 10.8. The average molecular weight is 220 g/mol. The van der Waals surface area contributed by atoms with E-state index in [4.69, 9.17) is 4.42 Å². The van der Waals surface area contributed by atoms with Gasteiger partial charge in [-0.1, -0.05) is 13.3 Å². The lowest BCUT2D eigenvalue weighted by atomic mass is 10.2. The largest absolute Gasteiger partial charge is 0.421 e. The van der Waals surface area contributed by atoms with Crippen LogP contribution in [-0.2, 0) is 6.42 Å². The molecule has 0 atom stereocenters. The molecule has 84 valence electrons. The van der Waals surface area contributed by atoms with E-state index in [2.05, 4.69) is 17.1 Å². The van der Waals surface area contributed by atoms with Gasteiger partial charge in [-0.2, -0.15) is 0 Å². The summed E-state index contributed by atoms with van der Waals surface area (Å²) in [7, 11) is 0. The minimum absolute atomic E-state index is 0.269. The van der Waals surface area contributed by atoms with Crippen LogP contribution in [0.5, 0.6) is 0 Å². The predicted octanol–water partition coefficient (Wildman–Crippen LogP) is 3.22. The second-order valence-corrected chi connectivity index (χ2v) is 3.61. The normalized spacial score (nSPS) is 10.6. The monoisotopic (exact) mass is 220 g/mol. The van der Waals surface area contributed by atoms with Crippen LogP contribution < -0.4 is 0 Å². The fraction of sp³-hybridized carbons (Fsp3) is 0.333. The molecular formula is C12H13FN2O. The number of halogens is 1. The summed E-state index contributed by atoms with van der Waals surface area (Å²) in [6.07, 6.45) is 2.92. The minimum Gasteiger partial charge on any atom is -0.421 e. The van der Waals surface area contributed by atoms with Crippen molar-refractivity contribution in [1.82, 2.24) is 10.2 Å². The molecule has 0 aliphatic rings. The summed E-state index contributed by atoms with van der Waals surface area (Å²) in [5.41, 5.74) is 0.747. The Hall–Kier alpha value is -1.71. The smallest absolute Gasteiger partial charge is 0.247 e. The first-order valence-corrected chi connectivity index (χ1v) is 5.38. The molecular weight excluding hydrogens is 207 g/mol. The molecule has 3 nitrogen and oxygen atoms in total. The van der Waals surface area contributed by atoms with Gasteiger partial charge in [-0.05, 0) is 30.7 Å². The highest BCUT2D eigenvalue weighted by molar-refractivity contribution is 5.51. The molecule has 0 saturated heterocycles. The molecule has 16 heavy (non-hydrogen) atoms. The van der Waals surface area contributed by atoms with E-state index in [1.54, 1.807) is 12.1 Å². The maximum absolute atomic E-state index is 12.7. The Kier molecular flexibility index (Phi) is 3.29. The van der Waals surface area contributed by atoms with Gasteiger partial charge in [-0.3, -0.25) is 0 Å². The van der Waals surface area contributed by atoms with Crippen LogP contribution in [0.15, 0.2) is 28.7 Å². The lowest BCUT2D eigenvalue weighted by Gasteiger charge is -1.93. The topological polar surface area (TPSA) is 38.9 Å². The van der Waals surface area contributed by atoms with Crippen LogP contribution in [0.3, 0.4) is 0 Å². The Morgan fingerprint density at radius 3 is 2.62 bits per heavy atom. The molecule has 0 N–H and O–H groups in total. The molecule has 0 amide bonds. The van der Waals surface area contributed by atoms with Gasteiger partial charge >= 0.3 is 0 Å². The van der Waals surface area contributed by atoms with Crippen LogP contribution in [0.4, 0.5) is 4.39 Å². The van der Waals surface area contributed by atoms with Crippen molar-refractivity contribution in [3.05, 3.63) is 36.0 Å². The van der Waals surface area contributed by atoms with Crippen molar-refractivity contribution in [2.24, 2.45) is 0 Å². The number of aryl methyl sites for hydroxylation is 1. The molecule has 1 aromatic heterocycles. The number of hydrogen-bond donors (Lipinski definition) is 0. The zero-order chi connectivity index (χ0) is 11.4. The first-order valence-electron chi connectivity index (χ1n) is 5.38. The van der Waals surface area contributed by atoms with Crippen LogP contribution in [0.1, 0.15) is 25.7 Å². The Bertz CT molecular complexity index is 450. The highest BCUT2D eigenvalue weighted by atomic mass is 19.1. The van der Waals surface area contributed by atoms with E-state index >= 15 is 0 Å². The Morgan fingerprint density at radius 1 is 1.19 bits per heavy atom. The molecule has 0 aliphatic heterocycles. The summed E-state index contributed by atoms with van der Waals surface area (Å²) in [6.45, 7) is 2.11. The van der Waals surface area contributed by atoms with Gasteiger partial charge in [0.1, 0.15) is 5.82 Å². The molecule has 0 spiro atoms. The number of unbranched alkanes of at least 4 members (excludes halogenated alkanes) is 1. The van der Waals surface area contributed by atoms with Gasteiger partial charge < -0.3 is 4.42 Å². The Labute approximate surface area is 93.3 Å². The summed E-state index contributed by atoms with van der Waals surface area (Å²) in [4.78, 5) is 0. The summed E-state index contributed by atoms with van der Waals surface area (Å²) in [5.74, 6) is 0.821. The minimum atomic E-state index is -0.269. The van der Waals surface area contributed by atoms with Crippen molar-refractivity contribution in [3.63, 3.8) is 0 Å². The third-order valence-corrected chi connectivity index (χ3v) is 2.30. The average Bonchev–Trinajstić information content (AvgIpc) is 2.76. The first-order chi connectivity index (χ1) is 7.79. The Balaban J connectivity index is 2.15. The highest BCUT2D eigenvalue weighted by Gasteiger charge is 2.07. The van der Waals surface area contributed by atoms with Gasteiger partial charge in [0, 0.05) is 12.0 Å². The molecule has 0 bridgehead atoms. The standard InChI is InChI=1S/C12H13FN2O/c1-2-3-4-11-14-15-12(16-11)9-5-7-10(13)8-6-9/h5-8H,2-4H2,1H3. The Morgan fingerprint density at radius 2 is 1.94 bits per heavy atom. The van der Waals surface area contributed by atoms with Gasteiger partial charge in [0.05, 0.1) is 0 Å². The third-order valence-electron chi connectivity index (χ3n) is 2.30. The van der Waals surface area contributed by atoms with E-state index in [-0.39, 0.29) is 5.82 Å². The molecule has 2 rings (SSSR count). The van der Waals surface area contributed by atoms with Gasteiger partial charge in [-0.25, -0.2) is 4.39 Å². The zero-order valence-electron chi connectivity index (χ0n) is 9.11. The van der Waals surface area contributed by atoms with Crippen molar-refractivity contribution in [2.45, 2.75) is 26.2 Å². The van der Waals surface area contributed by atoms with E-state index in [1.807, 2.05) is 0 Å². The van der Waals surface area contributed by atoms with E-state index in [0.29, 0.717) is 11.8 Å². The predicted molar refractivity (Wildman–Crippen MR) is 58.3 cm³/mol. The molecule has 4 heteroatoms. The number of benzene rings is 1.